The van der Waals surface area contributed by atoms with Crippen molar-refractivity contribution in [2.75, 3.05) is 30.6 Å². The van der Waals surface area contributed by atoms with E-state index < -0.39 is 34.7 Å². The maximum absolute atomic E-state index is 15.0. The van der Waals surface area contributed by atoms with Gasteiger partial charge in [0.1, 0.15) is 22.5 Å². The number of likely N-dealkylation sites (tertiary alicyclic amines) is 2. The molecule has 312 valence electrons. The minimum Gasteiger partial charge on any atom is -0.444 e. The van der Waals surface area contributed by atoms with E-state index in [0.717, 1.165) is 76.4 Å². The fourth-order valence-corrected chi connectivity index (χ4v) is 7.22. The van der Waals surface area contributed by atoms with Crippen LogP contribution in [0.3, 0.4) is 0 Å². The van der Waals surface area contributed by atoms with Gasteiger partial charge in [0.15, 0.2) is 11.3 Å². The molecular formula is C44H61F2IN6O4. The first-order valence-corrected chi connectivity index (χ1v) is 21.7. The van der Waals surface area contributed by atoms with Gasteiger partial charge in [0.25, 0.3) is 0 Å². The molecule has 2 fully saturated rings. The largest absolute Gasteiger partial charge is 0.444 e. The third kappa shape index (κ3) is 15.8. The Hall–Kier alpha value is -3.75. The Morgan fingerprint density at radius 1 is 0.702 bits per heavy atom. The van der Waals surface area contributed by atoms with Gasteiger partial charge >= 0.3 is 12.2 Å². The maximum atomic E-state index is 15.0. The number of carbonyl (C=O) groups excluding carboxylic acids is 2. The molecule has 57 heavy (non-hydrogen) atoms. The van der Waals surface area contributed by atoms with E-state index in [0.29, 0.717) is 38.8 Å². The lowest BCUT2D eigenvalue weighted by atomic mass is 9.96. The van der Waals surface area contributed by atoms with Crippen LogP contribution in [-0.2, 0) is 15.9 Å². The molecule has 0 spiro atoms. The van der Waals surface area contributed by atoms with Crippen molar-refractivity contribution in [3.8, 4) is 0 Å². The summed E-state index contributed by atoms with van der Waals surface area (Å²) < 4.78 is 41.1. The van der Waals surface area contributed by atoms with Crippen molar-refractivity contribution in [2.45, 2.75) is 135 Å². The van der Waals surface area contributed by atoms with Crippen LogP contribution in [0.25, 0.3) is 22.1 Å². The number of hydrogen-bond donors (Lipinski definition) is 0. The zero-order valence-electron chi connectivity index (χ0n) is 34.8. The van der Waals surface area contributed by atoms with Gasteiger partial charge in [-0.25, -0.2) is 38.3 Å². The van der Waals surface area contributed by atoms with Crippen molar-refractivity contribution in [1.82, 2.24) is 29.7 Å². The number of nitrogens with zero attached hydrogens (tertiary/aromatic N) is 6. The van der Waals surface area contributed by atoms with E-state index in [4.69, 9.17) is 9.47 Å². The van der Waals surface area contributed by atoms with E-state index in [-0.39, 0.29) is 13.1 Å². The number of aryl methyl sites for hydroxylation is 2. The molecule has 0 radical (unpaired) electrons. The third-order valence-corrected chi connectivity index (χ3v) is 10.4. The second-order valence-corrected chi connectivity index (χ2v) is 18.2. The van der Waals surface area contributed by atoms with Gasteiger partial charge in [0, 0.05) is 60.5 Å². The number of ether oxygens (including phenoxy) is 2. The molecule has 6 rings (SSSR count). The van der Waals surface area contributed by atoms with Crippen molar-refractivity contribution < 1.29 is 27.8 Å². The molecule has 2 aliphatic heterocycles. The van der Waals surface area contributed by atoms with Crippen molar-refractivity contribution in [3.05, 3.63) is 72.3 Å². The highest BCUT2D eigenvalue weighted by Gasteiger charge is 2.42. The Kier molecular flexibility index (Phi) is 16.8. The maximum Gasteiger partial charge on any atom is 0.410 e. The lowest BCUT2D eigenvalue weighted by molar-refractivity contribution is 0.0245. The van der Waals surface area contributed by atoms with Gasteiger partial charge in [-0.3, -0.25) is 0 Å². The number of alkyl halides is 3. The zero-order chi connectivity index (χ0) is 41.7. The molecule has 2 amide bonds. The van der Waals surface area contributed by atoms with Crippen LogP contribution in [0.15, 0.2) is 60.9 Å². The van der Waals surface area contributed by atoms with Crippen LogP contribution in [0.4, 0.5) is 18.4 Å². The third-order valence-electron chi connectivity index (χ3n) is 9.60. The normalized spacial score (nSPS) is 19.5. The predicted octanol–water partition coefficient (Wildman–Crippen LogP) is 11.0. The topological polar surface area (TPSA) is 111 Å². The first-order chi connectivity index (χ1) is 26.9. The van der Waals surface area contributed by atoms with Crippen LogP contribution in [0, 0.1) is 6.92 Å². The SMILES string of the molecule is CC(C)(C)OC(=O)N1CCC(F)(CCCCCc2ccc3cccnc3n2)C1.CC(C)(C)OC(=O)N1CCC(F)(CCCCI)C1.Cc1ccc2cccnc2n1. The Morgan fingerprint density at radius 2 is 1.19 bits per heavy atom. The lowest BCUT2D eigenvalue weighted by Gasteiger charge is -2.25. The number of carbonyl (C=O) groups is 2. The summed E-state index contributed by atoms with van der Waals surface area (Å²) in [5.41, 5.74) is 0.0768. The second-order valence-electron chi connectivity index (χ2n) is 17.2. The van der Waals surface area contributed by atoms with Crippen molar-refractivity contribution in [1.29, 1.82) is 0 Å². The average molecular weight is 903 g/mol. The summed E-state index contributed by atoms with van der Waals surface area (Å²) in [6.45, 7) is 14.1. The number of hydrogen-bond acceptors (Lipinski definition) is 8. The summed E-state index contributed by atoms with van der Waals surface area (Å²) in [5.74, 6) is 0. The standard InChI is InChI=1S/C22H30FN3O2.C13H23FINO2.C9H8N2/c1-21(2,3)28-20(27)26-15-13-22(23,16-26)12-6-4-5-9-18-11-10-17-8-7-14-24-19(17)25-18;1-12(2,3)18-11(17)16-9-7-13(14,10-16)6-4-5-8-15;1-7-4-5-8-3-2-6-10-9(8)11-7/h7-8,10-11,14H,4-6,9,12-13,15-16H2,1-3H3;4-10H2,1-3H3;2-6H,1H3. The molecule has 0 bridgehead atoms. The van der Waals surface area contributed by atoms with Crippen molar-refractivity contribution in [2.24, 2.45) is 0 Å². The van der Waals surface area contributed by atoms with E-state index in [1.807, 2.05) is 97.0 Å². The molecule has 10 nitrogen and oxygen atoms in total. The molecule has 4 aromatic rings. The molecule has 2 aliphatic rings. The second kappa shape index (κ2) is 20.8. The van der Waals surface area contributed by atoms with E-state index in [2.05, 4.69) is 42.5 Å². The summed E-state index contributed by atoms with van der Waals surface area (Å²) >= 11 is 2.30. The molecule has 6 heterocycles. The van der Waals surface area contributed by atoms with Crippen molar-refractivity contribution >= 4 is 56.8 Å². The highest BCUT2D eigenvalue weighted by molar-refractivity contribution is 14.1. The van der Waals surface area contributed by atoms with Crippen LogP contribution in [-0.4, -0.2) is 95.1 Å². The van der Waals surface area contributed by atoms with Gasteiger partial charge in [0.2, 0.25) is 0 Å². The molecule has 0 aliphatic carbocycles. The van der Waals surface area contributed by atoms with Gasteiger partial charge in [-0.05, 0) is 140 Å². The van der Waals surface area contributed by atoms with Crippen LogP contribution in [0.2, 0.25) is 0 Å². The van der Waals surface area contributed by atoms with Crippen LogP contribution >= 0.6 is 22.6 Å². The van der Waals surface area contributed by atoms with E-state index in [1.54, 1.807) is 12.4 Å². The zero-order valence-corrected chi connectivity index (χ0v) is 37.0. The Balaban J connectivity index is 0.000000211. The summed E-state index contributed by atoms with van der Waals surface area (Å²) in [6.07, 6.45) is 10.1. The molecule has 2 saturated heterocycles. The Bertz CT molecular complexity index is 1910. The van der Waals surface area contributed by atoms with Crippen LogP contribution < -0.4 is 0 Å². The van der Waals surface area contributed by atoms with Crippen molar-refractivity contribution in [3.63, 3.8) is 0 Å². The number of amides is 2. The molecule has 2 unspecified atom stereocenters. The molecule has 0 saturated carbocycles. The number of unbranched alkanes of at least 4 members (excludes halogenated alkanes) is 3. The quantitative estimate of drug-likeness (QED) is 0.0879. The van der Waals surface area contributed by atoms with Gasteiger partial charge in [-0.15, -0.1) is 0 Å². The van der Waals surface area contributed by atoms with E-state index in [9.17, 15) is 14.0 Å². The fraction of sp³-hybridized carbons (Fsp3) is 0.591. The molecule has 2 atom stereocenters. The summed E-state index contributed by atoms with van der Waals surface area (Å²) in [7, 11) is 0. The van der Waals surface area contributed by atoms with E-state index >= 15 is 4.39 Å². The smallest absolute Gasteiger partial charge is 0.410 e. The number of rotatable bonds is 10. The van der Waals surface area contributed by atoms with Gasteiger partial charge in [-0.1, -0.05) is 35.4 Å². The summed E-state index contributed by atoms with van der Waals surface area (Å²) in [5, 5.41) is 2.14. The Morgan fingerprint density at radius 3 is 1.70 bits per heavy atom. The van der Waals surface area contributed by atoms with Crippen LogP contribution in [0.5, 0.6) is 0 Å². The number of fused-ring (bicyclic) bond motifs is 2. The highest BCUT2D eigenvalue weighted by Crippen LogP contribution is 2.33. The Labute approximate surface area is 351 Å². The molecule has 0 N–H and O–H groups in total. The first-order valence-electron chi connectivity index (χ1n) is 20.1. The first kappa shape index (κ1) is 45.9. The average Bonchev–Trinajstić information content (AvgIpc) is 3.74. The minimum atomic E-state index is -1.29. The van der Waals surface area contributed by atoms with Gasteiger partial charge < -0.3 is 19.3 Å². The molecular weight excluding hydrogens is 841 g/mol. The minimum absolute atomic E-state index is 0.139. The highest BCUT2D eigenvalue weighted by atomic mass is 127. The summed E-state index contributed by atoms with van der Waals surface area (Å²) in [6, 6.07) is 15.9. The molecule has 4 aromatic heterocycles. The number of aromatic nitrogens is 4. The summed E-state index contributed by atoms with van der Waals surface area (Å²) in [4.78, 5) is 44.2. The predicted molar refractivity (Wildman–Crippen MR) is 231 cm³/mol. The van der Waals surface area contributed by atoms with Gasteiger partial charge in [-0.2, -0.15) is 0 Å². The number of halogens is 3. The van der Waals surface area contributed by atoms with Gasteiger partial charge in [0.05, 0.1) is 13.1 Å². The molecule has 0 aromatic carbocycles. The monoisotopic (exact) mass is 902 g/mol. The molecule has 13 heteroatoms. The van der Waals surface area contributed by atoms with Crippen LogP contribution in [0.1, 0.15) is 111 Å². The fourth-order valence-electron chi connectivity index (χ4n) is 6.68. The lowest BCUT2D eigenvalue weighted by Crippen LogP contribution is -2.37. The van der Waals surface area contributed by atoms with E-state index in [1.165, 1.54) is 9.80 Å². The number of pyridine rings is 4.